The van der Waals surface area contributed by atoms with Gasteiger partial charge in [0.1, 0.15) is 11.8 Å². The molecule has 9 heteroatoms. The Morgan fingerprint density at radius 1 is 1.03 bits per heavy atom. The number of carbonyl (C=O) groups is 1. The average molecular weight is 520 g/mol. The maximum absolute atomic E-state index is 13.7. The zero-order chi connectivity index (χ0) is 25.4. The van der Waals surface area contributed by atoms with Gasteiger partial charge in [-0.25, -0.2) is 4.68 Å². The van der Waals surface area contributed by atoms with Crippen LogP contribution in [0, 0.1) is 6.92 Å². The van der Waals surface area contributed by atoms with E-state index < -0.39 is 6.04 Å². The fraction of sp³-hybridized carbons (Fsp3) is 0.148. The highest BCUT2D eigenvalue weighted by Crippen LogP contribution is 2.38. The molecule has 36 heavy (non-hydrogen) atoms. The molecule has 2 N–H and O–H groups in total. The lowest BCUT2D eigenvalue weighted by molar-refractivity contribution is -0.113. The van der Waals surface area contributed by atoms with E-state index in [0.717, 1.165) is 11.1 Å². The monoisotopic (exact) mass is 519 g/mol. The van der Waals surface area contributed by atoms with E-state index in [1.807, 2.05) is 56.3 Å². The fourth-order valence-corrected chi connectivity index (χ4v) is 4.59. The van der Waals surface area contributed by atoms with Gasteiger partial charge >= 0.3 is 0 Å². The number of anilines is 2. The van der Waals surface area contributed by atoms with E-state index in [0.29, 0.717) is 50.1 Å². The van der Waals surface area contributed by atoms with Crippen LogP contribution in [-0.4, -0.2) is 27.8 Å². The molecule has 0 aliphatic carbocycles. The predicted octanol–water partition coefficient (Wildman–Crippen LogP) is 6.50. The number of allylic oxidation sites excluding steroid dienone is 1. The first kappa shape index (κ1) is 23.9. The fourth-order valence-electron chi connectivity index (χ4n) is 4.29. The highest BCUT2D eigenvalue weighted by Gasteiger charge is 2.35. The number of hydrogen-bond donors (Lipinski definition) is 2. The van der Waals surface area contributed by atoms with E-state index in [4.69, 9.17) is 38.0 Å². The number of carbonyl (C=O) groups excluding carboxylic acids is 1. The van der Waals surface area contributed by atoms with Crippen molar-refractivity contribution in [2.24, 2.45) is 0 Å². The summed E-state index contributed by atoms with van der Waals surface area (Å²) in [6.07, 6.45) is 0. The molecule has 0 fully saturated rings. The Morgan fingerprint density at radius 2 is 1.83 bits per heavy atom. The number of nitrogens with zero attached hydrogens (tertiary/aromatic N) is 3. The Kier molecular flexibility index (Phi) is 6.43. The number of halogens is 2. The van der Waals surface area contributed by atoms with Crippen LogP contribution in [0.1, 0.15) is 24.1 Å². The number of aromatic nitrogens is 3. The molecule has 0 saturated carbocycles. The van der Waals surface area contributed by atoms with Gasteiger partial charge in [-0.3, -0.25) is 4.79 Å². The Morgan fingerprint density at radius 3 is 2.58 bits per heavy atom. The number of hydrogen-bond acceptors (Lipinski definition) is 5. The van der Waals surface area contributed by atoms with E-state index in [1.165, 1.54) is 0 Å². The standard InChI is InChI=1S/C27H23Cl2N5O2/c1-15-7-6-8-17(13-15)24-23(26(35)31-21-9-4-5-10-22(21)36-3)16(2)30-27-32-25(33-34(24)27)18-11-12-19(28)20(29)14-18/h4-14,24H,1-3H3,(H,31,35)(H,30,32,33). The van der Waals surface area contributed by atoms with Crippen LogP contribution in [0.2, 0.25) is 10.0 Å². The number of rotatable bonds is 5. The van der Waals surface area contributed by atoms with Crippen LogP contribution in [0.3, 0.4) is 0 Å². The molecule has 1 aliphatic rings. The lowest BCUT2D eigenvalue weighted by Gasteiger charge is -2.29. The van der Waals surface area contributed by atoms with Crippen molar-refractivity contribution in [1.29, 1.82) is 0 Å². The van der Waals surface area contributed by atoms with Crippen molar-refractivity contribution in [2.75, 3.05) is 17.7 Å². The number of ether oxygens (including phenoxy) is 1. The molecular weight excluding hydrogens is 497 g/mol. The summed E-state index contributed by atoms with van der Waals surface area (Å²) < 4.78 is 7.15. The number of aryl methyl sites for hydroxylation is 1. The Balaban J connectivity index is 1.61. The first-order valence-corrected chi connectivity index (χ1v) is 12.0. The zero-order valence-electron chi connectivity index (χ0n) is 19.8. The minimum absolute atomic E-state index is 0.270. The Hall–Kier alpha value is -3.81. The topological polar surface area (TPSA) is 81.1 Å². The minimum Gasteiger partial charge on any atom is -0.495 e. The van der Waals surface area contributed by atoms with Crippen molar-refractivity contribution < 1.29 is 9.53 Å². The van der Waals surface area contributed by atoms with Crippen molar-refractivity contribution in [3.8, 4) is 17.1 Å². The van der Waals surface area contributed by atoms with Gasteiger partial charge in [0, 0.05) is 11.3 Å². The summed E-state index contributed by atoms with van der Waals surface area (Å²) in [5.74, 6) is 1.29. The SMILES string of the molecule is COc1ccccc1NC(=O)C1=C(C)Nc2nc(-c3ccc(Cl)c(Cl)c3)nn2C1c1cccc(C)c1. The van der Waals surface area contributed by atoms with Crippen molar-refractivity contribution in [1.82, 2.24) is 14.8 Å². The quantitative estimate of drug-likeness (QED) is 0.314. The molecular formula is C27H23Cl2N5O2. The summed E-state index contributed by atoms with van der Waals surface area (Å²) in [5, 5.41) is 11.9. The molecule has 2 heterocycles. The van der Waals surface area contributed by atoms with Crippen LogP contribution in [0.5, 0.6) is 5.75 Å². The van der Waals surface area contributed by atoms with Crippen molar-refractivity contribution >= 4 is 40.7 Å². The van der Waals surface area contributed by atoms with Crippen molar-refractivity contribution in [2.45, 2.75) is 19.9 Å². The van der Waals surface area contributed by atoms with Gasteiger partial charge in [-0.2, -0.15) is 4.98 Å². The van der Waals surface area contributed by atoms with Crippen LogP contribution in [0.25, 0.3) is 11.4 Å². The van der Waals surface area contributed by atoms with Crippen LogP contribution in [0.15, 0.2) is 78.0 Å². The third kappa shape index (κ3) is 4.43. The summed E-state index contributed by atoms with van der Waals surface area (Å²) >= 11 is 12.3. The molecule has 7 nitrogen and oxygen atoms in total. The molecule has 5 rings (SSSR count). The summed E-state index contributed by atoms with van der Waals surface area (Å²) in [5.41, 5.74) is 4.47. The van der Waals surface area contributed by atoms with Crippen molar-refractivity contribution in [3.05, 3.63) is 99.2 Å². The predicted molar refractivity (Wildman–Crippen MR) is 143 cm³/mol. The molecule has 3 aromatic carbocycles. The zero-order valence-corrected chi connectivity index (χ0v) is 21.4. The van der Waals surface area contributed by atoms with Gasteiger partial charge in [0.05, 0.1) is 28.4 Å². The second kappa shape index (κ2) is 9.68. The van der Waals surface area contributed by atoms with E-state index >= 15 is 0 Å². The highest BCUT2D eigenvalue weighted by atomic mass is 35.5. The first-order valence-electron chi connectivity index (χ1n) is 11.3. The molecule has 0 saturated heterocycles. The third-order valence-corrected chi connectivity index (χ3v) is 6.73. The van der Waals surface area contributed by atoms with Gasteiger partial charge in [0.15, 0.2) is 5.82 Å². The van der Waals surface area contributed by atoms with Crippen LogP contribution >= 0.6 is 23.2 Å². The molecule has 1 amide bonds. The number of nitrogens with one attached hydrogen (secondary N) is 2. The number of fused-ring (bicyclic) bond motifs is 1. The molecule has 1 unspecified atom stereocenters. The smallest absolute Gasteiger partial charge is 0.255 e. The van der Waals surface area contributed by atoms with Crippen LogP contribution < -0.4 is 15.4 Å². The summed E-state index contributed by atoms with van der Waals surface area (Å²) in [4.78, 5) is 18.4. The van der Waals surface area contributed by atoms with Gasteiger partial charge in [0.25, 0.3) is 5.91 Å². The van der Waals surface area contributed by atoms with Gasteiger partial charge in [0.2, 0.25) is 5.95 Å². The molecule has 0 radical (unpaired) electrons. The lowest BCUT2D eigenvalue weighted by Crippen LogP contribution is -2.31. The second-order valence-corrected chi connectivity index (χ2v) is 9.28. The molecule has 182 valence electrons. The molecule has 1 atom stereocenters. The Labute approximate surface area is 218 Å². The molecule has 0 spiro atoms. The maximum Gasteiger partial charge on any atom is 0.255 e. The van der Waals surface area contributed by atoms with E-state index in [-0.39, 0.29) is 5.91 Å². The number of benzene rings is 3. The molecule has 1 aromatic heterocycles. The minimum atomic E-state index is -0.514. The second-order valence-electron chi connectivity index (χ2n) is 8.47. The lowest BCUT2D eigenvalue weighted by atomic mass is 9.94. The first-order chi connectivity index (χ1) is 17.4. The van der Waals surface area contributed by atoms with Crippen LogP contribution in [-0.2, 0) is 4.79 Å². The highest BCUT2D eigenvalue weighted by molar-refractivity contribution is 6.42. The van der Waals surface area contributed by atoms with Crippen molar-refractivity contribution in [3.63, 3.8) is 0 Å². The largest absolute Gasteiger partial charge is 0.495 e. The Bertz CT molecular complexity index is 1510. The number of para-hydroxylation sites is 2. The number of amides is 1. The van der Waals surface area contributed by atoms with Gasteiger partial charge in [-0.15, -0.1) is 5.10 Å². The normalized spacial score (nSPS) is 14.8. The van der Waals surface area contributed by atoms with Gasteiger partial charge in [-0.1, -0.05) is 65.2 Å². The number of methoxy groups -OCH3 is 1. The molecule has 1 aliphatic heterocycles. The van der Waals surface area contributed by atoms with E-state index in [9.17, 15) is 4.79 Å². The van der Waals surface area contributed by atoms with Gasteiger partial charge < -0.3 is 15.4 Å². The third-order valence-electron chi connectivity index (χ3n) is 5.99. The molecule has 4 aromatic rings. The van der Waals surface area contributed by atoms with Gasteiger partial charge in [-0.05, 0) is 49.7 Å². The summed E-state index contributed by atoms with van der Waals surface area (Å²) in [6.45, 7) is 3.87. The summed E-state index contributed by atoms with van der Waals surface area (Å²) in [7, 11) is 1.57. The van der Waals surface area contributed by atoms with E-state index in [2.05, 4.69) is 10.6 Å². The molecule has 0 bridgehead atoms. The average Bonchev–Trinajstić information content (AvgIpc) is 3.28. The van der Waals surface area contributed by atoms with Crippen LogP contribution in [0.4, 0.5) is 11.6 Å². The van der Waals surface area contributed by atoms with E-state index in [1.54, 1.807) is 36.1 Å². The maximum atomic E-state index is 13.7. The summed E-state index contributed by atoms with van der Waals surface area (Å²) in [6, 6.07) is 20.0.